The Labute approximate surface area is 127 Å². The number of rotatable bonds is 6. The monoisotopic (exact) mass is 283 g/mol. The second-order valence-electron chi connectivity index (χ2n) is 5.96. The molecule has 0 amide bonds. The van der Waals surface area contributed by atoms with Crippen LogP contribution in [-0.4, -0.2) is 17.7 Å². The first-order valence-corrected chi connectivity index (χ1v) is 7.62. The lowest BCUT2D eigenvalue weighted by atomic mass is 9.77. The summed E-state index contributed by atoms with van der Waals surface area (Å²) >= 11 is 0. The standard InChI is InChI=1S/C19H25NO/c1-15(2)20-14-16(3)19(21,17-10-6-4-7-11-17)18-12-8-5-9-13-18/h4-13,15-16,20-21H,14H2,1-3H3. The fraction of sp³-hybridized carbons (Fsp3) is 0.368. The van der Waals surface area contributed by atoms with Gasteiger partial charge in [-0.05, 0) is 11.1 Å². The summed E-state index contributed by atoms with van der Waals surface area (Å²) in [5, 5.41) is 14.9. The summed E-state index contributed by atoms with van der Waals surface area (Å²) in [4.78, 5) is 0. The maximum absolute atomic E-state index is 11.5. The van der Waals surface area contributed by atoms with E-state index in [0.717, 1.165) is 17.7 Å². The van der Waals surface area contributed by atoms with E-state index in [1.807, 2.05) is 60.7 Å². The van der Waals surface area contributed by atoms with Crippen molar-refractivity contribution in [2.24, 2.45) is 5.92 Å². The van der Waals surface area contributed by atoms with E-state index in [4.69, 9.17) is 0 Å². The molecule has 2 N–H and O–H groups in total. The Bertz CT molecular complexity index is 497. The molecule has 21 heavy (non-hydrogen) atoms. The molecular formula is C19H25NO. The largest absolute Gasteiger partial charge is 0.380 e. The van der Waals surface area contributed by atoms with Crippen molar-refractivity contribution in [3.05, 3.63) is 71.8 Å². The van der Waals surface area contributed by atoms with Crippen LogP contribution in [0.5, 0.6) is 0 Å². The molecule has 0 spiro atoms. The van der Waals surface area contributed by atoms with Gasteiger partial charge < -0.3 is 10.4 Å². The molecule has 0 aromatic heterocycles. The molecule has 2 heteroatoms. The Morgan fingerprint density at radius 1 is 0.857 bits per heavy atom. The zero-order valence-electron chi connectivity index (χ0n) is 13.1. The van der Waals surface area contributed by atoms with Crippen molar-refractivity contribution in [3.63, 3.8) is 0 Å². The Hall–Kier alpha value is -1.64. The van der Waals surface area contributed by atoms with Gasteiger partial charge in [-0.3, -0.25) is 0 Å². The van der Waals surface area contributed by atoms with E-state index in [1.165, 1.54) is 0 Å². The van der Waals surface area contributed by atoms with Gasteiger partial charge in [0.15, 0.2) is 0 Å². The van der Waals surface area contributed by atoms with E-state index >= 15 is 0 Å². The smallest absolute Gasteiger partial charge is 0.118 e. The van der Waals surface area contributed by atoms with Crippen LogP contribution in [0.1, 0.15) is 31.9 Å². The van der Waals surface area contributed by atoms with Crippen LogP contribution in [0.25, 0.3) is 0 Å². The van der Waals surface area contributed by atoms with Crippen molar-refractivity contribution in [2.45, 2.75) is 32.4 Å². The van der Waals surface area contributed by atoms with Crippen LogP contribution in [0.4, 0.5) is 0 Å². The zero-order valence-corrected chi connectivity index (χ0v) is 13.1. The highest BCUT2D eigenvalue weighted by molar-refractivity contribution is 5.36. The molecule has 1 unspecified atom stereocenters. The molecule has 2 aromatic rings. The first-order valence-electron chi connectivity index (χ1n) is 7.62. The average molecular weight is 283 g/mol. The van der Waals surface area contributed by atoms with Gasteiger partial charge in [0, 0.05) is 18.5 Å². The van der Waals surface area contributed by atoms with Gasteiger partial charge >= 0.3 is 0 Å². The quantitative estimate of drug-likeness (QED) is 0.849. The molecule has 2 aromatic carbocycles. The average Bonchev–Trinajstić information content (AvgIpc) is 2.53. The van der Waals surface area contributed by atoms with Gasteiger partial charge in [-0.1, -0.05) is 81.4 Å². The molecule has 2 nitrogen and oxygen atoms in total. The van der Waals surface area contributed by atoms with Crippen molar-refractivity contribution in [1.82, 2.24) is 5.32 Å². The predicted octanol–water partition coefficient (Wildman–Crippen LogP) is 3.56. The van der Waals surface area contributed by atoms with Crippen molar-refractivity contribution in [3.8, 4) is 0 Å². The normalized spacial score (nSPS) is 13.4. The summed E-state index contributed by atoms with van der Waals surface area (Å²) in [6, 6.07) is 20.3. The molecule has 0 bridgehead atoms. The first kappa shape index (κ1) is 15.7. The Morgan fingerprint density at radius 3 is 1.67 bits per heavy atom. The lowest BCUT2D eigenvalue weighted by Crippen LogP contribution is -2.41. The van der Waals surface area contributed by atoms with Crippen LogP contribution < -0.4 is 5.32 Å². The third-order valence-electron chi connectivity index (χ3n) is 3.97. The molecule has 0 aliphatic carbocycles. The Kier molecular flexibility index (Phi) is 5.16. The topological polar surface area (TPSA) is 32.3 Å². The van der Waals surface area contributed by atoms with Crippen LogP contribution in [0.2, 0.25) is 0 Å². The SMILES string of the molecule is CC(C)NCC(C)C(O)(c1ccccc1)c1ccccc1. The van der Waals surface area contributed by atoms with Gasteiger partial charge in [0.2, 0.25) is 0 Å². The molecule has 0 aliphatic heterocycles. The van der Waals surface area contributed by atoms with Gasteiger partial charge in [-0.2, -0.15) is 0 Å². The van der Waals surface area contributed by atoms with Gasteiger partial charge in [-0.25, -0.2) is 0 Å². The third kappa shape index (κ3) is 3.52. The van der Waals surface area contributed by atoms with Crippen LogP contribution >= 0.6 is 0 Å². The van der Waals surface area contributed by atoms with Gasteiger partial charge in [0.25, 0.3) is 0 Å². The summed E-state index contributed by atoms with van der Waals surface area (Å²) in [7, 11) is 0. The number of hydrogen-bond acceptors (Lipinski definition) is 2. The molecular weight excluding hydrogens is 258 g/mol. The summed E-state index contributed by atoms with van der Waals surface area (Å²) in [5.41, 5.74) is 0.897. The maximum Gasteiger partial charge on any atom is 0.118 e. The van der Waals surface area contributed by atoms with Crippen LogP contribution in [0.15, 0.2) is 60.7 Å². The zero-order chi connectivity index (χ0) is 15.3. The molecule has 0 radical (unpaired) electrons. The van der Waals surface area contributed by atoms with Crippen molar-refractivity contribution < 1.29 is 5.11 Å². The lowest BCUT2D eigenvalue weighted by molar-refractivity contribution is 0.0234. The highest BCUT2D eigenvalue weighted by Gasteiger charge is 2.37. The minimum atomic E-state index is -0.982. The fourth-order valence-corrected chi connectivity index (χ4v) is 2.68. The molecule has 0 saturated carbocycles. The fourth-order valence-electron chi connectivity index (χ4n) is 2.68. The van der Waals surface area contributed by atoms with E-state index in [9.17, 15) is 5.11 Å². The van der Waals surface area contributed by atoms with Crippen molar-refractivity contribution in [1.29, 1.82) is 0 Å². The summed E-state index contributed by atoms with van der Waals surface area (Å²) in [5.74, 6) is 0.0599. The molecule has 2 rings (SSSR count). The minimum Gasteiger partial charge on any atom is -0.380 e. The summed E-state index contributed by atoms with van der Waals surface area (Å²) in [6.45, 7) is 7.10. The molecule has 0 saturated heterocycles. The van der Waals surface area contributed by atoms with Crippen LogP contribution in [0.3, 0.4) is 0 Å². The van der Waals surface area contributed by atoms with Crippen molar-refractivity contribution >= 4 is 0 Å². The Balaban J connectivity index is 2.40. The van der Waals surface area contributed by atoms with E-state index in [2.05, 4.69) is 26.1 Å². The molecule has 112 valence electrons. The van der Waals surface area contributed by atoms with Gasteiger partial charge in [0.05, 0.1) is 0 Å². The third-order valence-corrected chi connectivity index (χ3v) is 3.97. The van der Waals surface area contributed by atoms with Gasteiger partial charge in [0.1, 0.15) is 5.60 Å². The molecule has 0 fully saturated rings. The highest BCUT2D eigenvalue weighted by atomic mass is 16.3. The number of hydrogen-bond donors (Lipinski definition) is 2. The predicted molar refractivity (Wildman–Crippen MR) is 88.2 cm³/mol. The van der Waals surface area contributed by atoms with Crippen LogP contribution in [0, 0.1) is 5.92 Å². The van der Waals surface area contributed by atoms with E-state index in [-0.39, 0.29) is 5.92 Å². The van der Waals surface area contributed by atoms with E-state index in [0.29, 0.717) is 6.04 Å². The minimum absolute atomic E-state index is 0.0599. The number of benzene rings is 2. The van der Waals surface area contributed by atoms with Gasteiger partial charge in [-0.15, -0.1) is 0 Å². The van der Waals surface area contributed by atoms with E-state index < -0.39 is 5.60 Å². The van der Waals surface area contributed by atoms with Crippen LogP contribution in [-0.2, 0) is 5.60 Å². The molecule has 1 atom stereocenters. The summed E-state index contributed by atoms with van der Waals surface area (Å²) in [6.07, 6.45) is 0. The Morgan fingerprint density at radius 2 is 1.29 bits per heavy atom. The first-order chi connectivity index (χ1) is 10.0. The maximum atomic E-state index is 11.5. The second kappa shape index (κ2) is 6.88. The molecule has 0 heterocycles. The highest BCUT2D eigenvalue weighted by Crippen LogP contribution is 2.36. The van der Waals surface area contributed by atoms with Crippen molar-refractivity contribution in [2.75, 3.05) is 6.54 Å². The second-order valence-corrected chi connectivity index (χ2v) is 5.96. The molecule has 0 aliphatic rings. The number of aliphatic hydroxyl groups is 1. The number of nitrogens with one attached hydrogen (secondary N) is 1. The summed E-state index contributed by atoms with van der Waals surface area (Å²) < 4.78 is 0. The lowest BCUT2D eigenvalue weighted by Gasteiger charge is -2.36. The van der Waals surface area contributed by atoms with E-state index in [1.54, 1.807) is 0 Å².